The van der Waals surface area contributed by atoms with E-state index in [4.69, 9.17) is 41.0 Å². The van der Waals surface area contributed by atoms with E-state index in [1.165, 1.54) is 0 Å². The largest absolute Gasteiger partial charge is 0.444 e. The van der Waals surface area contributed by atoms with Crippen LogP contribution < -0.4 is 21.7 Å². The van der Waals surface area contributed by atoms with Crippen LogP contribution in [-0.4, -0.2) is 202 Å². The molecule has 20 heteroatoms. The Bertz CT molecular complexity index is 1260. The summed E-state index contributed by atoms with van der Waals surface area (Å²) in [7, 11) is 0. The predicted octanol–water partition coefficient (Wildman–Crippen LogP) is 2.06. The molecule has 6 aliphatic heterocycles. The zero-order valence-corrected chi connectivity index (χ0v) is 35.6. The summed E-state index contributed by atoms with van der Waals surface area (Å²) in [4.78, 5) is 66.5. The van der Waals surface area contributed by atoms with E-state index in [9.17, 15) is 24.0 Å². The molecular formula is C37H68ClN9O10. The quantitative estimate of drug-likeness (QED) is 0.233. The lowest BCUT2D eigenvalue weighted by Crippen LogP contribution is -2.48. The van der Waals surface area contributed by atoms with Crippen molar-refractivity contribution in [1.82, 2.24) is 40.4 Å². The van der Waals surface area contributed by atoms with Gasteiger partial charge in [-0.25, -0.2) is 19.2 Å². The molecule has 0 saturated carbocycles. The van der Waals surface area contributed by atoms with Crippen LogP contribution in [0, 0.1) is 0 Å². The Morgan fingerprint density at radius 1 is 0.596 bits per heavy atom. The van der Waals surface area contributed by atoms with Crippen molar-refractivity contribution in [3.05, 3.63) is 0 Å². The van der Waals surface area contributed by atoms with Crippen LogP contribution in [0.5, 0.6) is 0 Å². The van der Waals surface area contributed by atoms with Crippen molar-refractivity contribution in [2.45, 2.75) is 90.1 Å². The molecule has 0 bridgehead atoms. The first-order valence-electron chi connectivity index (χ1n) is 20.1. The monoisotopic (exact) mass is 833 g/mol. The number of hydrogen-bond donors (Lipinski definition) is 4. The number of rotatable bonds is 2. The molecule has 0 spiro atoms. The minimum atomic E-state index is -0.508. The average Bonchev–Trinajstić information content (AvgIpc) is 3.95. The first kappa shape index (κ1) is 48.0. The van der Waals surface area contributed by atoms with Crippen molar-refractivity contribution in [3.63, 3.8) is 0 Å². The summed E-state index contributed by atoms with van der Waals surface area (Å²) < 4.78 is 25.8. The fourth-order valence-corrected chi connectivity index (χ4v) is 6.56. The lowest BCUT2D eigenvalue weighted by atomic mass is 10.2. The molecule has 6 rings (SSSR count). The summed E-state index contributed by atoms with van der Waals surface area (Å²) in [5.74, 6) is 0. The highest BCUT2D eigenvalue weighted by Crippen LogP contribution is 2.15. The van der Waals surface area contributed by atoms with Crippen LogP contribution in [0.25, 0.3) is 0 Å². The molecule has 0 aromatic rings. The number of carbonyl (C=O) groups excluding carboxylic acids is 5. The number of likely N-dealkylation sites (tertiary alicyclic amines) is 2. The van der Waals surface area contributed by atoms with E-state index in [1.54, 1.807) is 14.7 Å². The topological polar surface area (TPSA) is 210 Å². The van der Waals surface area contributed by atoms with Crippen molar-refractivity contribution in [2.75, 3.05) is 118 Å². The molecule has 0 aromatic carbocycles. The second-order valence-corrected chi connectivity index (χ2v) is 16.8. The SMILES string of the molecule is CC(C)(C)OC(=O)N[C@H]1CCN(C(=O)N2CCOCC2)C1.CC(C)(C)OC(=O)N[C@H]1CCNC1.N[C@H]1CCN(C(=O)N2CCOCC2)C1.O=C(Cl)N1CCOCC1. The van der Waals surface area contributed by atoms with Crippen LogP contribution in [0.2, 0.25) is 0 Å². The van der Waals surface area contributed by atoms with E-state index in [1.807, 2.05) is 51.3 Å². The molecule has 0 radical (unpaired) electrons. The van der Waals surface area contributed by atoms with Crippen molar-refractivity contribution in [2.24, 2.45) is 5.73 Å². The number of morpholine rings is 3. The lowest BCUT2D eigenvalue weighted by Gasteiger charge is -2.31. The molecule has 0 unspecified atom stereocenters. The van der Waals surface area contributed by atoms with Gasteiger partial charge in [0.1, 0.15) is 11.2 Å². The van der Waals surface area contributed by atoms with Crippen LogP contribution in [0.1, 0.15) is 60.8 Å². The van der Waals surface area contributed by atoms with Gasteiger partial charge in [-0.15, -0.1) is 0 Å². The van der Waals surface area contributed by atoms with Gasteiger partial charge < -0.3 is 69.9 Å². The third kappa shape index (κ3) is 19.3. The van der Waals surface area contributed by atoms with E-state index in [2.05, 4.69) is 16.0 Å². The zero-order valence-electron chi connectivity index (χ0n) is 34.9. The number of ether oxygens (including phenoxy) is 5. The van der Waals surface area contributed by atoms with Crippen LogP contribution in [-0.2, 0) is 23.7 Å². The Kier molecular flexibility index (Phi) is 20.1. The van der Waals surface area contributed by atoms with E-state index in [0.717, 1.165) is 38.9 Å². The van der Waals surface area contributed by atoms with E-state index >= 15 is 0 Å². The van der Waals surface area contributed by atoms with Gasteiger partial charge in [0.2, 0.25) is 0 Å². The van der Waals surface area contributed by atoms with Gasteiger partial charge >= 0.3 is 29.6 Å². The van der Waals surface area contributed by atoms with Crippen molar-refractivity contribution in [3.8, 4) is 0 Å². The van der Waals surface area contributed by atoms with E-state index in [-0.39, 0.29) is 41.6 Å². The number of carbonyl (C=O) groups is 5. The minimum absolute atomic E-state index is 0.0341. The first-order chi connectivity index (χ1) is 26.9. The number of nitrogens with one attached hydrogen (secondary N) is 3. The molecule has 328 valence electrons. The summed E-state index contributed by atoms with van der Waals surface area (Å²) in [5.41, 5.74) is 4.84. The van der Waals surface area contributed by atoms with Gasteiger partial charge in [-0.05, 0) is 79.0 Å². The van der Waals surface area contributed by atoms with Gasteiger partial charge in [0.15, 0.2) is 0 Å². The standard InChI is InChI=1S/C14H25N3O4.C9H17N3O2.C9H18N2O2.C5H8ClNO2/c1-14(2,3)21-12(18)15-11-4-5-17(10-11)13(19)16-6-8-20-9-7-16;10-8-1-2-12(7-8)9(13)11-3-5-14-6-4-11;1-9(2,3)13-8(12)11-7-4-5-10-6-7;6-5(8)7-1-3-9-4-2-7/h11H,4-10H2,1-3H3,(H,15,18);8H,1-7,10H2;7,10H,4-6H2,1-3H3,(H,11,12);1-4H2/t11-;8-;7-;/m000./s1. The molecule has 6 fully saturated rings. The molecule has 7 amide bonds. The van der Waals surface area contributed by atoms with Gasteiger partial charge in [0.25, 0.3) is 0 Å². The van der Waals surface area contributed by atoms with Crippen molar-refractivity contribution in [1.29, 1.82) is 0 Å². The fraction of sp³-hybridized carbons (Fsp3) is 0.865. The fourth-order valence-electron chi connectivity index (χ4n) is 6.39. The predicted molar refractivity (Wildman–Crippen MR) is 213 cm³/mol. The maximum atomic E-state index is 12.3. The number of halogens is 1. The normalized spacial score (nSPS) is 23.8. The van der Waals surface area contributed by atoms with Gasteiger partial charge in [0, 0.05) is 84.1 Å². The van der Waals surface area contributed by atoms with Crippen LogP contribution in [0.4, 0.5) is 24.0 Å². The molecule has 0 aromatic heterocycles. The van der Waals surface area contributed by atoms with Crippen LogP contribution in [0.3, 0.4) is 0 Å². The number of nitrogens with zero attached hydrogens (tertiary/aromatic N) is 5. The first-order valence-corrected chi connectivity index (χ1v) is 20.5. The Balaban J connectivity index is 0.000000213. The number of urea groups is 2. The molecule has 0 aliphatic carbocycles. The zero-order chi connectivity index (χ0) is 42.0. The Morgan fingerprint density at radius 2 is 1.02 bits per heavy atom. The number of alkyl carbamates (subject to hydrolysis) is 2. The van der Waals surface area contributed by atoms with Crippen molar-refractivity contribution >= 4 is 41.2 Å². The highest BCUT2D eigenvalue weighted by molar-refractivity contribution is 6.62. The Morgan fingerprint density at radius 3 is 1.39 bits per heavy atom. The Hall–Kier alpha value is -3.36. The summed E-state index contributed by atoms with van der Waals surface area (Å²) >= 11 is 5.19. The van der Waals surface area contributed by atoms with E-state index < -0.39 is 17.3 Å². The summed E-state index contributed by atoms with van der Waals surface area (Å²) in [6.07, 6.45) is 1.93. The molecule has 3 atom stereocenters. The van der Waals surface area contributed by atoms with Gasteiger partial charge in [-0.1, -0.05) is 0 Å². The van der Waals surface area contributed by atoms with Gasteiger partial charge in [-0.2, -0.15) is 0 Å². The third-order valence-electron chi connectivity index (χ3n) is 9.28. The number of hydrogen-bond acceptors (Lipinski definition) is 12. The number of nitrogens with two attached hydrogens (primary N) is 1. The minimum Gasteiger partial charge on any atom is -0.444 e. The summed E-state index contributed by atoms with van der Waals surface area (Å²) in [6, 6.07) is 0.521. The molecular weight excluding hydrogens is 766 g/mol. The summed E-state index contributed by atoms with van der Waals surface area (Å²) in [6.45, 7) is 23.3. The van der Waals surface area contributed by atoms with E-state index in [0.29, 0.717) is 98.5 Å². The average molecular weight is 834 g/mol. The number of amides is 7. The summed E-state index contributed by atoms with van der Waals surface area (Å²) in [5, 5.41) is 8.43. The molecule has 6 heterocycles. The maximum Gasteiger partial charge on any atom is 0.407 e. The molecule has 57 heavy (non-hydrogen) atoms. The second-order valence-electron chi connectivity index (χ2n) is 16.5. The third-order valence-corrected chi connectivity index (χ3v) is 9.52. The van der Waals surface area contributed by atoms with Crippen molar-refractivity contribution < 1.29 is 47.7 Å². The smallest absolute Gasteiger partial charge is 0.407 e. The second kappa shape index (κ2) is 23.9. The molecule has 6 aliphatic rings. The Labute approximate surface area is 342 Å². The highest BCUT2D eigenvalue weighted by atomic mass is 35.5. The molecule has 6 saturated heterocycles. The van der Waals surface area contributed by atoms with Crippen LogP contribution >= 0.6 is 11.6 Å². The van der Waals surface area contributed by atoms with Gasteiger partial charge in [-0.3, -0.25) is 4.79 Å². The molecule has 19 nitrogen and oxygen atoms in total. The highest BCUT2D eigenvalue weighted by Gasteiger charge is 2.32. The maximum absolute atomic E-state index is 12.3. The van der Waals surface area contributed by atoms with Crippen LogP contribution in [0.15, 0.2) is 0 Å². The lowest BCUT2D eigenvalue weighted by molar-refractivity contribution is 0.0442. The molecule has 5 N–H and O–H groups in total. The van der Waals surface area contributed by atoms with Gasteiger partial charge in [0.05, 0.1) is 45.7 Å².